The first-order chi connectivity index (χ1) is 7.06. The zero-order valence-corrected chi connectivity index (χ0v) is 7.56. The molecule has 0 aromatic heterocycles. The SMILES string of the molecule is O=C(O)OC(=O)CC(O)C#CC#CCO. The highest BCUT2D eigenvalue weighted by Crippen LogP contribution is 1.93. The van der Waals surface area contributed by atoms with Crippen LogP contribution in [-0.2, 0) is 9.53 Å². The van der Waals surface area contributed by atoms with Crippen molar-refractivity contribution in [1.29, 1.82) is 0 Å². The minimum Gasteiger partial charge on any atom is -0.449 e. The van der Waals surface area contributed by atoms with Gasteiger partial charge in [0.2, 0.25) is 0 Å². The maximum absolute atomic E-state index is 10.6. The Morgan fingerprint density at radius 2 is 2.00 bits per heavy atom. The van der Waals surface area contributed by atoms with E-state index in [0.29, 0.717) is 0 Å². The Balaban J connectivity index is 4.01. The monoisotopic (exact) mass is 212 g/mol. The average Bonchev–Trinajstić information content (AvgIpc) is 2.10. The fraction of sp³-hybridized carbons (Fsp3) is 0.333. The van der Waals surface area contributed by atoms with Crippen molar-refractivity contribution in [1.82, 2.24) is 0 Å². The third-order valence-electron chi connectivity index (χ3n) is 1.03. The van der Waals surface area contributed by atoms with Gasteiger partial charge in [0.15, 0.2) is 0 Å². The summed E-state index contributed by atoms with van der Waals surface area (Å²) in [7, 11) is 0. The second-order valence-electron chi connectivity index (χ2n) is 2.19. The van der Waals surface area contributed by atoms with Crippen molar-refractivity contribution in [2.45, 2.75) is 12.5 Å². The summed E-state index contributed by atoms with van der Waals surface area (Å²) < 4.78 is 3.72. The molecule has 0 amide bonds. The maximum atomic E-state index is 10.6. The summed E-state index contributed by atoms with van der Waals surface area (Å²) in [6, 6.07) is 0. The van der Waals surface area contributed by atoms with Gasteiger partial charge in [-0.05, 0) is 11.8 Å². The van der Waals surface area contributed by atoms with Gasteiger partial charge in [-0.15, -0.1) is 0 Å². The Morgan fingerprint density at radius 1 is 1.33 bits per heavy atom. The van der Waals surface area contributed by atoms with Gasteiger partial charge in [0.25, 0.3) is 0 Å². The minimum atomic E-state index is -1.74. The lowest BCUT2D eigenvalue weighted by Crippen LogP contribution is -2.16. The lowest BCUT2D eigenvalue weighted by molar-refractivity contribution is -0.140. The van der Waals surface area contributed by atoms with Crippen molar-refractivity contribution in [3.8, 4) is 23.7 Å². The topological polar surface area (TPSA) is 104 Å². The molecule has 0 fully saturated rings. The number of carboxylic acid groups (broad SMARTS) is 1. The van der Waals surface area contributed by atoms with E-state index >= 15 is 0 Å². The van der Waals surface area contributed by atoms with E-state index in [1.807, 2.05) is 0 Å². The molecular weight excluding hydrogens is 204 g/mol. The fourth-order valence-corrected chi connectivity index (χ4v) is 0.551. The molecule has 0 saturated carbocycles. The van der Waals surface area contributed by atoms with Crippen molar-refractivity contribution in [2.24, 2.45) is 0 Å². The molecule has 0 heterocycles. The molecular formula is C9H8O6. The maximum Gasteiger partial charge on any atom is 0.513 e. The van der Waals surface area contributed by atoms with Gasteiger partial charge >= 0.3 is 12.1 Å². The van der Waals surface area contributed by atoms with E-state index in [9.17, 15) is 9.59 Å². The minimum absolute atomic E-state index is 0.355. The van der Waals surface area contributed by atoms with Crippen molar-refractivity contribution in [3.63, 3.8) is 0 Å². The number of hydrogen-bond donors (Lipinski definition) is 3. The molecule has 0 spiro atoms. The largest absolute Gasteiger partial charge is 0.513 e. The van der Waals surface area contributed by atoms with Crippen molar-refractivity contribution in [2.75, 3.05) is 6.61 Å². The molecule has 80 valence electrons. The van der Waals surface area contributed by atoms with E-state index in [-0.39, 0.29) is 6.61 Å². The Kier molecular flexibility index (Phi) is 6.39. The van der Waals surface area contributed by atoms with Crippen LogP contribution in [0.1, 0.15) is 6.42 Å². The van der Waals surface area contributed by atoms with Crippen LogP contribution in [0.4, 0.5) is 4.79 Å². The molecule has 0 aromatic carbocycles. The summed E-state index contributed by atoms with van der Waals surface area (Å²) in [6.45, 7) is -0.355. The van der Waals surface area contributed by atoms with Crippen LogP contribution in [0.2, 0.25) is 0 Å². The highest BCUT2D eigenvalue weighted by atomic mass is 16.7. The molecule has 6 nitrogen and oxygen atoms in total. The van der Waals surface area contributed by atoms with E-state index in [1.54, 1.807) is 0 Å². The van der Waals surface area contributed by atoms with Crippen LogP contribution in [-0.4, -0.2) is 40.2 Å². The predicted molar refractivity (Wildman–Crippen MR) is 47.4 cm³/mol. The van der Waals surface area contributed by atoms with Gasteiger partial charge in [-0.3, -0.25) is 4.79 Å². The normalized spacial score (nSPS) is 10.0. The van der Waals surface area contributed by atoms with Gasteiger partial charge in [-0.1, -0.05) is 11.8 Å². The molecule has 1 atom stereocenters. The third kappa shape index (κ3) is 8.31. The lowest BCUT2D eigenvalue weighted by atomic mass is 10.2. The van der Waals surface area contributed by atoms with Crippen molar-refractivity contribution in [3.05, 3.63) is 0 Å². The first-order valence-corrected chi connectivity index (χ1v) is 3.77. The number of carbonyl (C=O) groups excluding carboxylic acids is 1. The van der Waals surface area contributed by atoms with Crippen molar-refractivity contribution < 1.29 is 29.6 Å². The van der Waals surface area contributed by atoms with Crippen LogP contribution in [0.25, 0.3) is 0 Å². The number of hydrogen-bond acceptors (Lipinski definition) is 5. The fourth-order valence-electron chi connectivity index (χ4n) is 0.551. The van der Waals surface area contributed by atoms with E-state index in [1.165, 1.54) is 0 Å². The van der Waals surface area contributed by atoms with Gasteiger partial charge in [0.05, 0.1) is 6.42 Å². The van der Waals surface area contributed by atoms with Crippen LogP contribution < -0.4 is 0 Å². The molecule has 0 rings (SSSR count). The second kappa shape index (κ2) is 7.39. The molecule has 0 bridgehead atoms. The highest BCUT2D eigenvalue weighted by Gasteiger charge is 2.12. The summed E-state index contributed by atoms with van der Waals surface area (Å²) in [5, 5.41) is 25.3. The lowest BCUT2D eigenvalue weighted by Gasteiger charge is -1.99. The number of rotatable bonds is 2. The van der Waals surface area contributed by atoms with E-state index in [2.05, 4.69) is 28.4 Å². The van der Waals surface area contributed by atoms with Gasteiger partial charge in [0, 0.05) is 0 Å². The first kappa shape index (κ1) is 13.0. The molecule has 3 N–H and O–H groups in total. The smallest absolute Gasteiger partial charge is 0.449 e. The number of carbonyl (C=O) groups is 2. The molecule has 0 aliphatic carbocycles. The van der Waals surface area contributed by atoms with Crippen LogP contribution >= 0.6 is 0 Å². The Morgan fingerprint density at radius 3 is 2.53 bits per heavy atom. The van der Waals surface area contributed by atoms with E-state index in [0.717, 1.165) is 0 Å². The zero-order valence-electron chi connectivity index (χ0n) is 7.56. The molecule has 1 unspecified atom stereocenters. The second-order valence-corrected chi connectivity index (χ2v) is 2.19. The van der Waals surface area contributed by atoms with Gasteiger partial charge in [-0.25, -0.2) is 4.79 Å². The van der Waals surface area contributed by atoms with Crippen LogP contribution in [0.3, 0.4) is 0 Å². The number of aliphatic hydroxyl groups is 2. The highest BCUT2D eigenvalue weighted by molar-refractivity contribution is 5.81. The molecule has 0 saturated heterocycles. The van der Waals surface area contributed by atoms with E-state index in [4.69, 9.17) is 15.3 Å². The molecule has 0 aliphatic rings. The summed E-state index contributed by atoms with van der Waals surface area (Å²) >= 11 is 0. The molecule has 6 heteroatoms. The summed E-state index contributed by atoms with van der Waals surface area (Å²) in [5.41, 5.74) is 0. The Hall–Kier alpha value is -2.02. The summed E-state index contributed by atoms with van der Waals surface area (Å²) in [6.07, 6.45) is -3.63. The quantitative estimate of drug-likeness (QED) is 0.307. The van der Waals surface area contributed by atoms with Crippen LogP contribution in [0.5, 0.6) is 0 Å². The predicted octanol–water partition coefficient (Wildman–Crippen LogP) is -1.04. The van der Waals surface area contributed by atoms with Crippen LogP contribution in [0, 0.1) is 23.7 Å². The first-order valence-electron chi connectivity index (χ1n) is 3.77. The standard InChI is InChI=1S/C9H8O6/c10-5-3-1-2-4-7(11)6-8(12)15-9(13)14/h7,10-11H,5-6H2,(H,13,14). The van der Waals surface area contributed by atoms with E-state index < -0.39 is 24.6 Å². The van der Waals surface area contributed by atoms with Gasteiger partial charge < -0.3 is 20.1 Å². The third-order valence-corrected chi connectivity index (χ3v) is 1.03. The molecule has 15 heavy (non-hydrogen) atoms. The summed E-state index contributed by atoms with van der Waals surface area (Å²) in [4.78, 5) is 20.5. The van der Waals surface area contributed by atoms with Crippen LogP contribution in [0.15, 0.2) is 0 Å². The Bertz CT molecular complexity index is 350. The van der Waals surface area contributed by atoms with Crippen molar-refractivity contribution >= 4 is 12.1 Å². The zero-order chi connectivity index (χ0) is 11.7. The van der Waals surface area contributed by atoms with Gasteiger partial charge in [0.1, 0.15) is 12.7 Å². The molecule has 0 aliphatic heterocycles. The average molecular weight is 212 g/mol. The number of esters is 1. The molecule has 0 radical (unpaired) electrons. The number of aliphatic hydroxyl groups excluding tert-OH is 2. The number of ether oxygens (including phenoxy) is 1. The Labute approximate surface area is 85.5 Å². The summed E-state index contributed by atoms with van der Waals surface area (Å²) in [5.74, 6) is 7.61. The molecule has 0 aromatic rings. The van der Waals surface area contributed by atoms with Gasteiger partial charge in [-0.2, -0.15) is 0 Å².